The fourth-order valence-corrected chi connectivity index (χ4v) is 2.58. The molecule has 0 unspecified atom stereocenters. The van der Waals surface area contributed by atoms with E-state index in [2.05, 4.69) is 20.8 Å². The summed E-state index contributed by atoms with van der Waals surface area (Å²) >= 11 is 7.34. The summed E-state index contributed by atoms with van der Waals surface area (Å²) in [5, 5.41) is 15.6. The Morgan fingerprint density at radius 1 is 1.29 bits per heavy atom. The first-order chi connectivity index (χ1) is 10.2. The van der Waals surface area contributed by atoms with E-state index in [4.69, 9.17) is 11.6 Å². The Morgan fingerprint density at radius 2 is 2.05 bits per heavy atom. The van der Waals surface area contributed by atoms with Crippen LogP contribution in [0, 0.1) is 0 Å². The Morgan fingerprint density at radius 3 is 2.81 bits per heavy atom. The fraction of sp³-hybridized carbons (Fsp3) is 0.214. The molecule has 0 atom stereocenters. The Hall–Kier alpha value is -1.92. The first kappa shape index (κ1) is 14.0. The number of carbonyl (C=O) groups excluding carboxylic acids is 1. The Kier molecular flexibility index (Phi) is 4.17. The van der Waals surface area contributed by atoms with E-state index < -0.39 is 0 Å². The van der Waals surface area contributed by atoms with Crippen LogP contribution < -0.4 is 10.6 Å². The summed E-state index contributed by atoms with van der Waals surface area (Å²) in [5.74, 6) is -0.260. The van der Waals surface area contributed by atoms with Crippen molar-refractivity contribution >= 4 is 45.2 Å². The average Bonchev–Trinajstić information content (AvgIpc) is 3.17. The minimum atomic E-state index is -0.260. The SMILES string of the molecule is O=C(C=Cc1ccccc1Cl)Nc1nnc(NC2CC2)s1. The van der Waals surface area contributed by atoms with Gasteiger partial charge in [0.05, 0.1) is 0 Å². The molecule has 1 aromatic heterocycles. The van der Waals surface area contributed by atoms with Crippen molar-refractivity contribution < 1.29 is 4.79 Å². The first-order valence-electron chi connectivity index (χ1n) is 6.54. The molecule has 0 saturated heterocycles. The van der Waals surface area contributed by atoms with Crippen molar-refractivity contribution in [3.05, 3.63) is 40.9 Å². The van der Waals surface area contributed by atoms with Crippen molar-refractivity contribution in [3.8, 4) is 0 Å². The summed E-state index contributed by atoms with van der Waals surface area (Å²) in [4.78, 5) is 11.8. The van der Waals surface area contributed by atoms with E-state index in [1.54, 1.807) is 12.1 Å². The quantitative estimate of drug-likeness (QED) is 0.828. The molecule has 1 fully saturated rings. The lowest BCUT2D eigenvalue weighted by Crippen LogP contribution is -2.07. The number of carbonyl (C=O) groups is 1. The molecule has 0 spiro atoms. The van der Waals surface area contributed by atoms with Gasteiger partial charge in [-0.2, -0.15) is 0 Å². The lowest BCUT2D eigenvalue weighted by Gasteiger charge is -1.97. The van der Waals surface area contributed by atoms with E-state index in [1.807, 2.05) is 18.2 Å². The van der Waals surface area contributed by atoms with Gasteiger partial charge < -0.3 is 5.32 Å². The van der Waals surface area contributed by atoms with Gasteiger partial charge in [-0.25, -0.2) is 0 Å². The molecule has 0 aliphatic heterocycles. The third-order valence-electron chi connectivity index (χ3n) is 2.88. The predicted octanol–water partition coefficient (Wildman–Crippen LogP) is 3.42. The summed E-state index contributed by atoms with van der Waals surface area (Å²) < 4.78 is 0. The maximum atomic E-state index is 11.8. The number of rotatable bonds is 5. The van der Waals surface area contributed by atoms with Crippen molar-refractivity contribution in [2.75, 3.05) is 10.6 Å². The molecule has 5 nitrogen and oxygen atoms in total. The van der Waals surface area contributed by atoms with Crippen LogP contribution in [0.5, 0.6) is 0 Å². The highest BCUT2D eigenvalue weighted by atomic mass is 35.5. The minimum Gasteiger partial charge on any atom is -0.357 e. The monoisotopic (exact) mass is 320 g/mol. The fourth-order valence-electron chi connectivity index (χ4n) is 1.66. The van der Waals surface area contributed by atoms with Crippen molar-refractivity contribution in [2.45, 2.75) is 18.9 Å². The molecule has 2 N–H and O–H groups in total. The van der Waals surface area contributed by atoms with Gasteiger partial charge in [0, 0.05) is 17.1 Å². The summed E-state index contributed by atoms with van der Waals surface area (Å²) in [5.41, 5.74) is 0.794. The summed E-state index contributed by atoms with van der Waals surface area (Å²) in [7, 11) is 0. The van der Waals surface area contributed by atoms with Crippen LogP contribution in [0.15, 0.2) is 30.3 Å². The second kappa shape index (κ2) is 6.24. The molecule has 108 valence electrons. The molecule has 1 aromatic carbocycles. The van der Waals surface area contributed by atoms with Gasteiger partial charge in [-0.3, -0.25) is 10.1 Å². The van der Waals surface area contributed by atoms with Crippen LogP contribution in [0.4, 0.5) is 10.3 Å². The van der Waals surface area contributed by atoms with E-state index >= 15 is 0 Å². The van der Waals surface area contributed by atoms with E-state index in [9.17, 15) is 4.79 Å². The van der Waals surface area contributed by atoms with Crippen molar-refractivity contribution in [1.29, 1.82) is 0 Å². The Bertz CT molecular complexity index is 681. The smallest absolute Gasteiger partial charge is 0.250 e. The number of amides is 1. The third-order valence-corrected chi connectivity index (χ3v) is 3.99. The number of halogens is 1. The highest BCUT2D eigenvalue weighted by Crippen LogP contribution is 2.28. The number of anilines is 2. The van der Waals surface area contributed by atoms with E-state index in [0.29, 0.717) is 16.2 Å². The summed E-state index contributed by atoms with van der Waals surface area (Å²) in [6.07, 6.45) is 5.43. The standard InChI is InChI=1S/C14H13ClN4OS/c15-11-4-2-1-3-9(11)5-8-12(20)17-14-19-18-13(21-14)16-10-6-7-10/h1-5,8,10H,6-7H2,(H,16,18)(H,17,19,20). The molecular weight excluding hydrogens is 308 g/mol. The second-order valence-electron chi connectivity index (χ2n) is 4.68. The molecule has 2 aromatic rings. The van der Waals surface area contributed by atoms with Crippen molar-refractivity contribution in [1.82, 2.24) is 10.2 Å². The van der Waals surface area contributed by atoms with Crippen LogP contribution in [0.2, 0.25) is 5.02 Å². The minimum absolute atomic E-state index is 0.260. The summed E-state index contributed by atoms with van der Waals surface area (Å²) in [6.45, 7) is 0. The van der Waals surface area contributed by atoms with Gasteiger partial charge in [0.15, 0.2) is 0 Å². The van der Waals surface area contributed by atoms with E-state index in [-0.39, 0.29) is 5.91 Å². The maximum absolute atomic E-state index is 11.8. The molecule has 1 aliphatic rings. The molecule has 1 aliphatic carbocycles. The normalized spacial score (nSPS) is 14.3. The van der Waals surface area contributed by atoms with Crippen molar-refractivity contribution in [2.24, 2.45) is 0 Å². The molecule has 3 rings (SSSR count). The zero-order valence-electron chi connectivity index (χ0n) is 11.0. The summed E-state index contributed by atoms with van der Waals surface area (Å²) in [6, 6.07) is 7.84. The zero-order valence-corrected chi connectivity index (χ0v) is 12.6. The second-order valence-corrected chi connectivity index (χ2v) is 6.06. The largest absolute Gasteiger partial charge is 0.357 e. The number of hydrogen-bond acceptors (Lipinski definition) is 5. The molecule has 21 heavy (non-hydrogen) atoms. The molecule has 1 saturated carbocycles. The highest BCUT2D eigenvalue weighted by Gasteiger charge is 2.22. The first-order valence-corrected chi connectivity index (χ1v) is 7.74. The molecule has 1 heterocycles. The number of hydrogen-bond donors (Lipinski definition) is 2. The van der Waals surface area contributed by atoms with Gasteiger partial charge in [-0.05, 0) is 30.5 Å². The van der Waals surface area contributed by atoms with E-state index in [1.165, 1.54) is 30.3 Å². The van der Waals surface area contributed by atoms with Crippen LogP contribution in [0.25, 0.3) is 6.08 Å². The molecule has 7 heteroatoms. The van der Waals surface area contributed by atoms with Gasteiger partial charge in [-0.15, -0.1) is 10.2 Å². The lowest BCUT2D eigenvalue weighted by molar-refractivity contribution is -0.111. The molecule has 0 bridgehead atoms. The van der Waals surface area contributed by atoms with E-state index in [0.717, 1.165) is 10.7 Å². The van der Waals surface area contributed by atoms with Crippen LogP contribution >= 0.6 is 22.9 Å². The lowest BCUT2D eigenvalue weighted by atomic mass is 10.2. The molecule has 1 amide bonds. The number of benzene rings is 1. The Labute approximate surface area is 131 Å². The molecule has 0 radical (unpaired) electrons. The van der Waals surface area contributed by atoms with Gasteiger partial charge >= 0.3 is 0 Å². The third kappa shape index (κ3) is 4.03. The topological polar surface area (TPSA) is 66.9 Å². The number of nitrogens with zero attached hydrogens (tertiary/aromatic N) is 2. The van der Waals surface area contributed by atoms with Crippen LogP contribution in [-0.4, -0.2) is 22.1 Å². The average molecular weight is 321 g/mol. The zero-order chi connectivity index (χ0) is 14.7. The van der Waals surface area contributed by atoms with Gasteiger partial charge in [0.1, 0.15) is 0 Å². The van der Waals surface area contributed by atoms with Crippen molar-refractivity contribution in [3.63, 3.8) is 0 Å². The number of aromatic nitrogens is 2. The van der Waals surface area contributed by atoms with Crippen LogP contribution in [0.3, 0.4) is 0 Å². The van der Waals surface area contributed by atoms with Crippen LogP contribution in [-0.2, 0) is 4.79 Å². The highest BCUT2D eigenvalue weighted by molar-refractivity contribution is 7.19. The Balaban J connectivity index is 1.58. The number of nitrogens with one attached hydrogen (secondary N) is 2. The van der Waals surface area contributed by atoms with Gasteiger partial charge in [-0.1, -0.05) is 41.1 Å². The van der Waals surface area contributed by atoms with Gasteiger partial charge in [0.2, 0.25) is 16.2 Å². The molecular formula is C14H13ClN4OS. The van der Waals surface area contributed by atoms with Crippen LogP contribution in [0.1, 0.15) is 18.4 Å². The maximum Gasteiger partial charge on any atom is 0.250 e. The predicted molar refractivity (Wildman–Crippen MR) is 85.7 cm³/mol. The van der Waals surface area contributed by atoms with Gasteiger partial charge in [0.25, 0.3) is 0 Å².